The fraction of sp³-hybridized carbons (Fsp3) is 0.476. The van der Waals surface area contributed by atoms with E-state index in [1.807, 2.05) is 27.7 Å². The molecule has 2 heterocycles. The van der Waals surface area contributed by atoms with Crippen LogP contribution < -0.4 is 4.80 Å². The first-order chi connectivity index (χ1) is 14.0. The molecule has 0 saturated carbocycles. The van der Waals surface area contributed by atoms with Crippen LogP contribution in [0.1, 0.15) is 32.6 Å². The summed E-state index contributed by atoms with van der Waals surface area (Å²) < 4.78 is 4.05. The number of amides is 2. The summed E-state index contributed by atoms with van der Waals surface area (Å²) in [5.41, 5.74) is 1.03. The van der Waals surface area contributed by atoms with Crippen LogP contribution in [0, 0.1) is 0 Å². The van der Waals surface area contributed by atoms with E-state index in [1.54, 1.807) is 6.08 Å². The second-order valence-electron chi connectivity index (χ2n) is 7.04. The summed E-state index contributed by atoms with van der Waals surface area (Å²) in [7, 11) is 0. The van der Waals surface area contributed by atoms with Crippen molar-refractivity contribution >= 4 is 61.1 Å². The summed E-state index contributed by atoms with van der Waals surface area (Å²) in [6, 6.07) is 6.37. The van der Waals surface area contributed by atoms with E-state index in [2.05, 4.69) is 34.4 Å². The molecule has 1 saturated heterocycles. The van der Waals surface area contributed by atoms with Gasteiger partial charge < -0.3 is 9.47 Å². The Bertz CT molecular complexity index is 966. The molecule has 1 aliphatic rings. The number of carbonyl (C=O) groups excluding carboxylic acids is 2. The number of thioether (sulfide) groups is 1. The minimum atomic E-state index is -0.211. The first-order valence-electron chi connectivity index (χ1n) is 9.88. The number of aromatic nitrogens is 1. The molecule has 1 atom stereocenters. The molecule has 0 radical (unpaired) electrons. The Hall–Kier alpha value is -1.38. The van der Waals surface area contributed by atoms with E-state index >= 15 is 0 Å². The Morgan fingerprint density at radius 2 is 2.21 bits per heavy atom. The maximum absolute atomic E-state index is 12.5. The van der Waals surface area contributed by atoms with Gasteiger partial charge in [-0.05, 0) is 43.9 Å². The summed E-state index contributed by atoms with van der Waals surface area (Å²) in [5, 5.41) is 0. The summed E-state index contributed by atoms with van der Waals surface area (Å²) in [6.07, 6.45) is 6.16. The Labute approximate surface area is 188 Å². The van der Waals surface area contributed by atoms with Crippen molar-refractivity contribution in [3.63, 3.8) is 0 Å². The number of likely N-dealkylation sites (tertiary alicyclic amines) is 1. The molecule has 0 spiro atoms. The van der Waals surface area contributed by atoms with Crippen molar-refractivity contribution in [2.24, 2.45) is 4.99 Å². The number of piperidine rings is 1. The van der Waals surface area contributed by atoms with Gasteiger partial charge in [0.2, 0.25) is 5.91 Å². The molecular formula is C21H26BrN3O2S2. The summed E-state index contributed by atoms with van der Waals surface area (Å²) in [5.74, 6) is 0.478. The second-order valence-corrected chi connectivity index (χ2v) is 9.95. The lowest BCUT2D eigenvalue weighted by Gasteiger charge is -2.35. The number of halogens is 1. The average Bonchev–Trinajstić information content (AvgIpc) is 3.04. The fourth-order valence-corrected chi connectivity index (χ4v) is 5.93. The van der Waals surface area contributed by atoms with Crippen LogP contribution in [0.25, 0.3) is 10.2 Å². The lowest BCUT2D eigenvalue weighted by molar-refractivity contribution is -0.132. The molecule has 0 aliphatic carbocycles. The van der Waals surface area contributed by atoms with Crippen LogP contribution in [0.15, 0.2) is 40.3 Å². The van der Waals surface area contributed by atoms with Gasteiger partial charge in [0, 0.05) is 23.6 Å². The van der Waals surface area contributed by atoms with Gasteiger partial charge in [0.05, 0.1) is 21.7 Å². The number of rotatable bonds is 7. The Morgan fingerprint density at radius 3 is 2.97 bits per heavy atom. The third-order valence-corrected chi connectivity index (χ3v) is 7.48. The molecule has 3 rings (SSSR count). The highest BCUT2D eigenvalue weighted by Crippen LogP contribution is 2.23. The lowest BCUT2D eigenvalue weighted by atomic mass is 10.0. The van der Waals surface area contributed by atoms with Crippen LogP contribution in [0.3, 0.4) is 0 Å². The van der Waals surface area contributed by atoms with Crippen molar-refractivity contribution in [1.29, 1.82) is 0 Å². The van der Waals surface area contributed by atoms with E-state index < -0.39 is 0 Å². The van der Waals surface area contributed by atoms with Gasteiger partial charge in [-0.15, -0.1) is 18.3 Å². The van der Waals surface area contributed by atoms with Crippen molar-refractivity contribution in [2.45, 2.75) is 45.2 Å². The van der Waals surface area contributed by atoms with Crippen LogP contribution in [0.2, 0.25) is 0 Å². The number of thiazole rings is 1. The minimum absolute atomic E-state index is 0.141. The first kappa shape index (κ1) is 22.3. The standard InChI is InChI=1S/C21H26BrN3O2S2/c1-3-10-25-17-9-8-15(22)12-18(17)29-21(25)23-19(26)13-28-14-20(27)24-11-6-5-7-16(24)4-2/h3,8-9,12,16H,1,4-7,10-11,13-14H2,2H3. The molecule has 1 unspecified atom stereocenters. The van der Waals surface area contributed by atoms with E-state index in [4.69, 9.17) is 0 Å². The van der Waals surface area contributed by atoms with Gasteiger partial charge in [-0.25, -0.2) is 0 Å². The summed E-state index contributed by atoms with van der Waals surface area (Å²) in [6.45, 7) is 7.37. The molecule has 0 N–H and O–H groups in total. The van der Waals surface area contributed by atoms with E-state index in [0.717, 1.165) is 40.5 Å². The van der Waals surface area contributed by atoms with Gasteiger partial charge in [-0.1, -0.05) is 40.3 Å². The number of hydrogen-bond acceptors (Lipinski definition) is 4. The van der Waals surface area contributed by atoms with Gasteiger partial charge in [-0.2, -0.15) is 4.99 Å². The molecule has 1 aromatic carbocycles. The third kappa shape index (κ3) is 5.61. The van der Waals surface area contributed by atoms with Gasteiger partial charge in [0.25, 0.3) is 5.91 Å². The Kier molecular flexibility index (Phi) is 8.15. The van der Waals surface area contributed by atoms with Crippen molar-refractivity contribution in [2.75, 3.05) is 18.1 Å². The summed E-state index contributed by atoms with van der Waals surface area (Å²) >= 11 is 6.33. The molecule has 1 aromatic heterocycles. The highest BCUT2D eigenvalue weighted by atomic mass is 79.9. The average molecular weight is 496 g/mol. The number of fused-ring (bicyclic) bond motifs is 1. The maximum Gasteiger partial charge on any atom is 0.258 e. The van der Waals surface area contributed by atoms with E-state index in [-0.39, 0.29) is 17.6 Å². The third-order valence-electron chi connectivity index (χ3n) is 5.05. The highest BCUT2D eigenvalue weighted by molar-refractivity contribution is 9.10. The number of carbonyl (C=O) groups is 2. The van der Waals surface area contributed by atoms with E-state index in [1.165, 1.54) is 29.5 Å². The maximum atomic E-state index is 12.5. The number of hydrogen-bond donors (Lipinski definition) is 0. The first-order valence-corrected chi connectivity index (χ1v) is 12.6. The van der Waals surface area contributed by atoms with Crippen LogP contribution in [0.5, 0.6) is 0 Å². The predicted octanol–water partition coefficient (Wildman–Crippen LogP) is 4.60. The zero-order valence-corrected chi connectivity index (χ0v) is 19.8. The normalized spacial score (nSPS) is 17.7. The van der Waals surface area contributed by atoms with E-state index in [0.29, 0.717) is 23.1 Å². The highest BCUT2D eigenvalue weighted by Gasteiger charge is 2.25. The van der Waals surface area contributed by atoms with Crippen LogP contribution in [-0.4, -0.2) is 45.4 Å². The molecule has 2 aromatic rings. The fourth-order valence-electron chi connectivity index (χ4n) is 3.64. The number of benzene rings is 1. The number of nitrogens with zero attached hydrogens (tertiary/aromatic N) is 3. The van der Waals surface area contributed by atoms with Gasteiger partial charge >= 0.3 is 0 Å². The zero-order chi connectivity index (χ0) is 20.8. The lowest BCUT2D eigenvalue weighted by Crippen LogP contribution is -2.44. The van der Waals surface area contributed by atoms with Crippen molar-refractivity contribution in [3.05, 3.63) is 40.1 Å². The topological polar surface area (TPSA) is 54.7 Å². The van der Waals surface area contributed by atoms with Crippen LogP contribution >= 0.6 is 39.0 Å². The van der Waals surface area contributed by atoms with Gasteiger partial charge in [-0.3, -0.25) is 9.59 Å². The molecule has 8 heteroatoms. The van der Waals surface area contributed by atoms with Gasteiger partial charge in [0.15, 0.2) is 4.80 Å². The quantitative estimate of drug-likeness (QED) is 0.527. The zero-order valence-electron chi connectivity index (χ0n) is 16.6. The molecule has 1 aliphatic heterocycles. The van der Waals surface area contributed by atoms with E-state index in [9.17, 15) is 9.59 Å². The molecule has 0 bridgehead atoms. The van der Waals surface area contributed by atoms with Gasteiger partial charge in [0.1, 0.15) is 0 Å². The summed E-state index contributed by atoms with van der Waals surface area (Å²) in [4.78, 5) is 32.0. The Balaban J connectivity index is 1.65. The van der Waals surface area contributed by atoms with Crippen LogP contribution in [-0.2, 0) is 16.1 Å². The van der Waals surface area contributed by atoms with Crippen molar-refractivity contribution in [1.82, 2.24) is 9.47 Å². The number of allylic oxidation sites excluding steroid dienone is 1. The minimum Gasteiger partial charge on any atom is -0.339 e. The van der Waals surface area contributed by atoms with Crippen LogP contribution in [0.4, 0.5) is 0 Å². The molecule has 29 heavy (non-hydrogen) atoms. The molecule has 2 amide bonds. The smallest absolute Gasteiger partial charge is 0.258 e. The molecule has 1 fully saturated rings. The van der Waals surface area contributed by atoms with Crippen molar-refractivity contribution in [3.8, 4) is 0 Å². The van der Waals surface area contributed by atoms with Crippen molar-refractivity contribution < 1.29 is 9.59 Å². The largest absolute Gasteiger partial charge is 0.339 e. The second kappa shape index (κ2) is 10.6. The molecule has 156 valence electrons. The molecular weight excluding hydrogens is 470 g/mol. The monoisotopic (exact) mass is 495 g/mol. The SMILES string of the molecule is C=CCn1c(=NC(=O)CSCC(=O)N2CCCCC2CC)sc2cc(Br)ccc21. The molecule has 5 nitrogen and oxygen atoms in total. The predicted molar refractivity (Wildman–Crippen MR) is 125 cm³/mol. The Morgan fingerprint density at radius 1 is 1.38 bits per heavy atom.